The van der Waals surface area contributed by atoms with Gasteiger partial charge in [0.15, 0.2) is 5.75 Å². The highest BCUT2D eigenvalue weighted by Gasteiger charge is 2.21. The number of hydrogen-bond donors (Lipinski definition) is 3. The number of fused-ring (bicyclic) bond motifs is 1. The van der Waals surface area contributed by atoms with Crippen LogP contribution >= 0.6 is 23.2 Å². The average molecular weight is 588 g/mol. The molecule has 4 aromatic carbocycles. The van der Waals surface area contributed by atoms with E-state index in [0.717, 1.165) is 0 Å². The molecule has 12 heteroatoms. The maximum Gasteiger partial charge on any atom is 0.296 e. The zero-order chi connectivity index (χ0) is 28.3. The molecule has 0 aliphatic rings. The van der Waals surface area contributed by atoms with Crippen LogP contribution < -0.4 is 10.1 Å². The molecule has 0 aromatic heterocycles. The van der Waals surface area contributed by atoms with Crippen LogP contribution in [0.4, 0.5) is 17.1 Å². The lowest BCUT2D eigenvalue weighted by Gasteiger charge is -2.13. The van der Waals surface area contributed by atoms with Crippen LogP contribution in [0.3, 0.4) is 0 Å². The Morgan fingerprint density at radius 3 is 2.41 bits per heavy atom. The molecular weight excluding hydrogens is 565 g/mol. The van der Waals surface area contributed by atoms with Crippen molar-refractivity contribution < 1.29 is 27.6 Å². The number of nitrogens with one attached hydrogen (secondary N) is 1. The van der Waals surface area contributed by atoms with Crippen molar-refractivity contribution in [2.24, 2.45) is 10.2 Å². The first-order valence-corrected chi connectivity index (χ1v) is 13.9. The van der Waals surface area contributed by atoms with Crippen LogP contribution in [0.2, 0.25) is 10.0 Å². The number of aromatic hydroxyl groups is 1. The van der Waals surface area contributed by atoms with Crippen molar-refractivity contribution in [2.45, 2.75) is 25.2 Å². The number of amides is 1. The molecule has 0 fully saturated rings. The number of anilines is 1. The Bertz CT molecular complexity index is 1720. The third kappa shape index (κ3) is 6.15. The molecule has 0 saturated carbocycles. The van der Waals surface area contributed by atoms with E-state index in [1.807, 2.05) is 6.92 Å². The normalized spacial score (nSPS) is 11.7. The Hall–Kier alpha value is -3.70. The number of carbonyl (C=O) groups is 1. The van der Waals surface area contributed by atoms with E-state index in [0.29, 0.717) is 40.8 Å². The largest absolute Gasteiger partial charge is 0.505 e. The van der Waals surface area contributed by atoms with Crippen molar-refractivity contribution in [3.05, 3.63) is 81.8 Å². The smallest absolute Gasteiger partial charge is 0.296 e. The highest BCUT2D eigenvalue weighted by molar-refractivity contribution is 7.86. The van der Waals surface area contributed by atoms with Crippen molar-refractivity contribution in [1.29, 1.82) is 0 Å². The molecular formula is C27H23Cl2N3O6S. The topological polar surface area (TPSA) is 138 Å². The zero-order valence-corrected chi connectivity index (χ0v) is 23.1. The molecule has 4 aromatic rings. The number of aryl methyl sites for hydroxylation is 1. The van der Waals surface area contributed by atoms with E-state index >= 15 is 0 Å². The first-order chi connectivity index (χ1) is 18.5. The second kappa shape index (κ2) is 11.6. The zero-order valence-electron chi connectivity index (χ0n) is 20.8. The predicted octanol–water partition coefficient (Wildman–Crippen LogP) is 7.73. The van der Waals surface area contributed by atoms with Gasteiger partial charge in [-0.3, -0.25) is 9.35 Å². The quantitative estimate of drug-likeness (QED) is 0.142. The van der Waals surface area contributed by atoms with Crippen LogP contribution in [0.1, 0.15) is 29.8 Å². The number of phenols is 1. The van der Waals surface area contributed by atoms with Crippen molar-refractivity contribution in [1.82, 2.24) is 0 Å². The van der Waals surface area contributed by atoms with Crippen LogP contribution in [0.15, 0.2) is 75.8 Å². The lowest BCUT2D eigenvalue weighted by Crippen LogP contribution is -2.12. The lowest BCUT2D eigenvalue weighted by atomic mass is 10.0. The van der Waals surface area contributed by atoms with Crippen molar-refractivity contribution in [3.8, 4) is 11.5 Å². The third-order valence-electron chi connectivity index (χ3n) is 5.79. The average Bonchev–Trinajstić information content (AvgIpc) is 2.89. The number of ether oxygens (including phenoxy) is 1. The van der Waals surface area contributed by atoms with Gasteiger partial charge in [0.05, 0.1) is 33.6 Å². The number of rotatable bonds is 8. The number of phenolic OH excluding ortho intramolecular Hbond substituents is 1. The van der Waals surface area contributed by atoms with E-state index < -0.39 is 26.7 Å². The van der Waals surface area contributed by atoms with Crippen LogP contribution in [-0.2, 0) is 16.5 Å². The van der Waals surface area contributed by atoms with E-state index in [-0.39, 0.29) is 27.0 Å². The summed E-state index contributed by atoms with van der Waals surface area (Å²) in [5.41, 5.74) is 0.950. The molecule has 3 N–H and O–H groups in total. The number of halogens is 2. The van der Waals surface area contributed by atoms with Crippen molar-refractivity contribution >= 4 is 67.1 Å². The molecule has 0 bridgehead atoms. The monoisotopic (exact) mass is 587 g/mol. The van der Waals surface area contributed by atoms with Gasteiger partial charge in [-0.2, -0.15) is 13.5 Å². The van der Waals surface area contributed by atoms with E-state index in [1.54, 1.807) is 49.4 Å². The number of nitrogens with zero attached hydrogens (tertiary/aromatic N) is 2. The fourth-order valence-corrected chi connectivity index (χ4v) is 5.16. The summed E-state index contributed by atoms with van der Waals surface area (Å²) in [5, 5.41) is 23.4. The molecule has 0 spiro atoms. The summed E-state index contributed by atoms with van der Waals surface area (Å²) < 4.78 is 38.1. The predicted molar refractivity (Wildman–Crippen MR) is 151 cm³/mol. The van der Waals surface area contributed by atoms with E-state index in [4.69, 9.17) is 27.9 Å². The van der Waals surface area contributed by atoms with E-state index in [1.165, 1.54) is 18.2 Å². The molecule has 0 unspecified atom stereocenters. The Balaban J connectivity index is 1.77. The standard InChI is InChI=1S/C27H23Cl2N3O6S/c1-3-15-12-24(39(35,36)37)21(29)14-23(15)31-32-25-18-8-6-5-7-16(18)11-19(26(25)33)27(34)30-22-10-9-17(38-4-2)13-20(22)28/h5-14,33H,3-4H2,1-2H3,(H,30,34)(H,35,36,37). The second-order valence-corrected chi connectivity index (χ2v) is 10.5. The summed E-state index contributed by atoms with van der Waals surface area (Å²) in [6.07, 6.45) is 0.353. The minimum absolute atomic E-state index is 0.0214. The van der Waals surface area contributed by atoms with Gasteiger partial charge in [0.2, 0.25) is 0 Å². The maximum absolute atomic E-state index is 13.2. The molecule has 0 aliphatic carbocycles. The van der Waals surface area contributed by atoms with Gasteiger partial charge in [0.25, 0.3) is 16.0 Å². The molecule has 39 heavy (non-hydrogen) atoms. The number of benzene rings is 4. The first kappa shape index (κ1) is 28.3. The molecule has 0 saturated heterocycles. The van der Waals surface area contributed by atoms with Crippen LogP contribution in [0.25, 0.3) is 10.8 Å². The number of azo groups is 1. The minimum Gasteiger partial charge on any atom is -0.505 e. The Labute approximate surface area is 234 Å². The third-order valence-corrected chi connectivity index (χ3v) is 7.42. The van der Waals surface area contributed by atoms with Gasteiger partial charge < -0.3 is 15.2 Å². The Morgan fingerprint density at radius 2 is 1.74 bits per heavy atom. The Kier molecular flexibility index (Phi) is 8.41. The Morgan fingerprint density at radius 1 is 1.00 bits per heavy atom. The highest BCUT2D eigenvalue weighted by Crippen LogP contribution is 2.41. The van der Waals surface area contributed by atoms with Gasteiger partial charge in [0, 0.05) is 11.5 Å². The van der Waals surface area contributed by atoms with Crippen LogP contribution in [0, 0.1) is 0 Å². The van der Waals surface area contributed by atoms with Gasteiger partial charge in [-0.15, -0.1) is 5.11 Å². The summed E-state index contributed by atoms with van der Waals surface area (Å²) in [6, 6.07) is 15.8. The fourth-order valence-electron chi connectivity index (χ4n) is 3.90. The minimum atomic E-state index is -4.54. The lowest BCUT2D eigenvalue weighted by molar-refractivity contribution is 0.102. The summed E-state index contributed by atoms with van der Waals surface area (Å²) in [7, 11) is -4.54. The molecule has 4 rings (SSSR count). The van der Waals surface area contributed by atoms with E-state index in [2.05, 4.69) is 15.5 Å². The van der Waals surface area contributed by atoms with Crippen molar-refractivity contribution in [3.63, 3.8) is 0 Å². The molecule has 0 aliphatic heterocycles. The summed E-state index contributed by atoms with van der Waals surface area (Å²) in [5.74, 6) is -0.501. The van der Waals surface area contributed by atoms with Crippen LogP contribution in [-0.4, -0.2) is 30.6 Å². The molecule has 202 valence electrons. The summed E-state index contributed by atoms with van der Waals surface area (Å²) in [4.78, 5) is 12.8. The molecule has 9 nitrogen and oxygen atoms in total. The maximum atomic E-state index is 13.2. The van der Waals surface area contributed by atoms with Gasteiger partial charge in [-0.25, -0.2) is 0 Å². The second-order valence-electron chi connectivity index (χ2n) is 8.31. The summed E-state index contributed by atoms with van der Waals surface area (Å²) in [6.45, 7) is 4.06. The molecule has 0 heterocycles. The van der Waals surface area contributed by atoms with Crippen LogP contribution in [0.5, 0.6) is 11.5 Å². The molecule has 1 amide bonds. The van der Waals surface area contributed by atoms with Gasteiger partial charge in [0.1, 0.15) is 16.3 Å². The summed E-state index contributed by atoms with van der Waals surface area (Å²) >= 11 is 12.4. The SMILES string of the molecule is CCOc1ccc(NC(=O)c2cc3ccccc3c(N=Nc3cc(Cl)c(S(=O)(=O)O)cc3CC)c2O)c(Cl)c1. The molecule has 0 radical (unpaired) electrons. The van der Waals surface area contributed by atoms with Gasteiger partial charge in [-0.1, -0.05) is 54.4 Å². The van der Waals surface area contributed by atoms with Gasteiger partial charge in [-0.05, 0) is 54.6 Å². The fraction of sp³-hybridized carbons (Fsp3) is 0.148. The number of hydrogen-bond acceptors (Lipinski definition) is 7. The number of carbonyl (C=O) groups excluding carboxylic acids is 1. The molecule has 0 atom stereocenters. The highest BCUT2D eigenvalue weighted by atomic mass is 35.5. The van der Waals surface area contributed by atoms with Gasteiger partial charge >= 0.3 is 0 Å². The first-order valence-electron chi connectivity index (χ1n) is 11.7. The van der Waals surface area contributed by atoms with Crippen molar-refractivity contribution in [2.75, 3.05) is 11.9 Å². The van der Waals surface area contributed by atoms with E-state index in [9.17, 15) is 22.9 Å².